The predicted octanol–water partition coefficient (Wildman–Crippen LogP) is 4.68. The van der Waals surface area contributed by atoms with E-state index < -0.39 is 0 Å². The molecule has 0 bridgehead atoms. The molecule has 90 valence electrons. The fraction of sp³-hybridized carbons (Fsp3) is 0.286. The SMILES string of the molecule is CC(c1cccs1)N(C)c1ccc(CCl)cc1. The summed E-state index contributed by atoms with van der Waals surface area (Å²) in [4.78, 5) is 3.66. The molecule has 0 saturated heterocycles. The van der Waals surface area contributed by atoms with Crippen LogP contribution in [0.5, 0.6) is 0 Å². The van der Waals surface area contributed by atoms with E-state index in [-0.39, 0.29) is 0 Å². The van der Waals surface area contributed by atoms with Gasteiger partial charge in [-0.05, 0) is 36.1 Å². The zero-order valence-corrected chi connectivity index (χ0v) is 11.6. The lowest BCUT2D eigenvalue weighted by Gasteiger charge is -2.26. The van der Waals surface area contributed by atoms with Crippen molar-refractivity contribution >= 4 is 28.6 Å². The molecular formula is C14H16ClNS. The highest BCUT2D eigenvalue weighted by Crippen LogP contribution is 2.28. The van der Waals surface area contributed by atoms with Gasteiger partial charge in [0.05, 0.1) is 6.04 Å². The molecular weight excluding hydrogens is 250 g/mol. The highest BCUT2D eigenvalue weighted by Gasteiger charge is 2.12. The summed E-state index contributed by atoms with van der Waals surface area (Å²) in [5.41, 5.74) is 2.38. The van der Waals surface area contributed by atoms with Crippen molar-refractivity contribution < 1.29 is 0 Å². The van der Waals surface area contributed by atoms with Gasteiger partial charge >= 0.3 is 0 Å². The van der Waals surface area contributed by atoms with Crippen LogP contribution < -0.4 is 4.90 Å². The van der Waals surface area contributed by atoms with Crippen LogP contribution in [-0.2, 0) is 5.88 Å². The molecule has 1 unspecified atom stereocenters. The van der Waals surface area contributed by atoms with E-state index >= 15 is 0 Å². The van der Waals surface area contributed by atoms with Crippen molar-refractivity contribution in [3.05, 3.63) is 52.2 Å². The standard InChI is InChI=1S/C14H16ClNS/c1-11(14-4-3-9-17-14)16(2)13-7-5-12(10-15)6-8-13/h3-9,11H,10H2,1-2H3. The number of alkyl halides is 1. The highest BCUT2D eigenvalue weighted by molar-refractivity contribution is 7.10. The molecule has 1 aromatic carbocycles. The minimum atomic E-state index is 0.400. The maximum absolute atomic E-state index is 5.79. The van der Waals surface area contributed by atoms with E-state index in [0.717, 1.165) is 5.56 Å². The minimum absolute atomic E-state index is 0.400. The molecule has 1 aromatic heterocycles. The third kappa shape index (κ3) is 2.82. The van der Waals surface area contributed by atoms with Crippen molar-refractivity contribution in [3.8, 4) is 0 Å². The molecule has 2 rings (SSSR count). The quantitative estimate of drug-likeness (QED) is 0.726. The Morgan fingerprint density at radius 1 is 1.24 bits per heavy atom. The smallest absolute Gasteiger partial charge is 0.0603 e. The van der Waals surface area contributed by atoms with Crippen LogP contribution >= 0.6 is 22.9 Å². The lowest BCUT2D eigenvalue weighted by molar-refractivity contribution is 0.754. The third-order valence-electron chi connectivity index (χ3n) is 3.03. The summed E-state index contributed by atoms with van der Waals surface area (Å²) in [7, 11) is 2.13. The Balaban J connectivity index is 2.16. The summed E-state index contributed by atoms with van der Waals surface area (Å²) in [5, 5.41) is 2.12. The van der Waals surface area contributed by atoms with Gasteiger partial charge in [0.1, 0.15) is 0 Å². The maximum Gasteiger partial charge on any atom is 0.0603 e. The van der Waals surface area contributed by atoms with E-state index in [4.69, 9.17) is 11.6 Å². The number of thiophene rings is 1. The van der Waals surface area contributed by atoms with Gasteiger partial charge in [0.15, 0.2) is 0 Å². The number of hydrogen-bond donors (Lipinski definition) is 0. The molecule has 0 aliphatic heterocycles. The first-order valence-electron chi connectivity index (χ1n) is 5.63. The monoisotopic (exact) mass is 265 g/mol. The Labute approximate surface area is 112 Å². The molecule has 17 heavy (non-hydrogen) atoms. The average Bonchev–Trinajstić information content (AvgIpc) is 2.91. The summed E-state index contributed by atoms with van der Waals surface area (Å²) >= 11 is 7.59. The van der Waals surface area contributed by atoms with E-state index in [1.165, 1.54) is 10.6 Å². The normalized spacial score (nSPS) is 12.4. The number of benzene rings is 1. The summed E-state index contributed by atoms with van der Waals surface area (Å²) in [6.45, 7) is 2.22. The number of anilines is 1. The van der Waals surface area contributed by atoms with Crippen LogP contribution in [0.15, 0.2) is 41.8 Å². The van der Waals surface area contributed by atoms with Gasteiger partial charge in [-0.1, -0.05) is 18.2 Å². The first kappa shape index (κ1) is 12.5. The van der Waals surface area contributed by atoms with Crippen molar-refractivity contribution in [2.24, 2.45) is 0 Å². The van der Waals surface area contributed by atoms with Gasteiger partial charge in [0.2, 0.25) is 0 Å². The zero-order chi connectivity index (χ0) is 12.3. The zero-order valence-electron chi connectivity index (χ0n) is 10.1. The summed E-state index contributed by atoms with van der Waals surface area (Å²) in [6, 6.07) is 13.1. The summed E-state index contributed by atoms with van der Waals surface area (Å²) in [5.74, 6) is 0.574. The molecule has 0 spiro atoms. The van der Waals surface area contributed by atoms with Gasteiger partial charge in [-0.2, -0.15) is 0 Å². The van der Waals surface area contributed by atoms with Crippen LogP contribution in [-0.4, -0.2) is 7.05 Å². The first-order chi connectivity index (χ1) is 8.22. The van der Waals surface area contributed by atoms with Crippen molar-refractivity contribution in [1.82, 2.24) is 0 Å². The van der Waals surface area contributed by atoms with Crippen LogP contribution in [0.4, 0.5) is 5.69 Å². The Kier molecular flexibility index (Phi) is 4.08. The number of nitrogens with zero attached hydrogens (tertiary/aromatic N) is 1. The molecule has 0 amide bonds. The lowest BCUT2D eigenvalue weighted by atomic mass is 10.2. The largest absolute Gasteiger partial charge is 0.367 e. The van der Waals surface area contributed by atoms with Gasteiger partial charge in [-0.3, -0.25) is 0 Å². The number of rotatable bonds is 4. The van der Waals surface area contributed by atoms with Crippen molar-refractivity contribution in [3.63, 3.8) is 0 Å². The van der Waals surface area contributed by atoms with Crippen LogP contribution in [0.1, 0.15) is 23.4 Å². The summed E-state index contributed by atoms with van der Waals surface area (Å²) in [6.07, 6.45) is 0. The van der Waals surface area contributed by atoms with E-state index in [0.29, 0.717) is 11.9 Å². The lowest BCUT2D eigenvalue weighted by Crippen LogP contribution is -2.20. The first-order valence-corrected chi connectivity index (χ1v) is 7.05. The molecule has 1 atom stereocenters. The average molecular weight is 266 g/mol. The van der Waals surface area contributed by atoms with Crippen molar-refractivity contribution in [1.29, 1.82) is 0 Å². The second-order valence-corrected chi connectivity index (χ2v) is 5.35. The molecule has 0 radical (unpaired) electrons. The number of hydrogen-bond acceptors (Lipinski definition) is 2. The van der Waals surface area contributed by atoms with Crippen LogP contribution in [0.2, 0.25) is 0 Å². The molecule has 0 fully saturated rings. The van der Waals surface area contributed by atoms with Gasteiger partial charge in [0, 0.05) is 23.5 Å². The second kappa shape index (κ2) is 5.56. The van der Waals surface area contributed by atoms with Crippen molar-refractivity contribution in [2.75, 3.05) is 11.9 Å². The molecule has 0 aliphatic rings. The van der Waals surface area contributed by atoms with Crippen LogP contribution in [0, 0.1) is 0 Å². The third-order valence-corrected chi connectivity index (χ3v) is 4.38. The highest BCUT2D eigenvalue weighted by atomic mass is 35.5. The second-order valence-electron chi connectivity index (χ2n) is 4.10. The molecule has 2 aromatic rings. The van der Waals surface area contributed by atoms with E-state index in [1.54, 1.807) is 11.3 Å². The Bertz CT molecular complexity index is 450. The fourth-order valence-electron chi connectivity index (χ4n) is 1.76. The predicted molar refractivity (Wildman–Crippen MR) is 77.1 cm³/mol. The number of halogens is 1. The van der Waals surface area contributed by atoms with Crippen LogP contribution in [0.3, 0.4) is 0 Å². The maximum atomic E-state index is 5.79. The summed E-state index contributed by atoms with van der Waals surface area (Å²) < 4.78 is 0. The van der Waals surface area contributed by atoms with E-state index in [9.17, 15) is 0 Å². The Morgan fingerprint density at radius 3 is 2.47 bits per heavy atom. The fourth-order valence-corrected chi connectivity index (χ4v) is 2.77. The minimum Gasteiger partial charge on any atom is -0.367 e. The molecule has 0 saturated carbocycles. The topological polar surface area (TPSA) is 3.24 Å². The molecule has 0 aliphatic carbocycles. The molecule has 1 nitrogen and oxygen atoms in total. The molecule has 1 heterocycles. The van der Waals surface area contributed by atoms with E-state index in [2.05, 4.69) is 60.6 Å². The van der Waals surface area contributed by atoms with Crippen LogP contribution in [0.25, 0.3) is 0 Å². The van der Waals surface area contributed by atoms with Gasteiger partial charge < -0.3 is 4.90 Å². The van der Waals surface area contributed by atoms with Gasteiger partial charge in [-0.25, -0.2) is 0 Å². The molecule has 3 heteroatoms. The Morgan fingerprint density at radius 2 is 1.94 bits per heavy atom. The Hall–Kier alpha value is -0.990. The van der Waals surface area contributed by atoms with E-state index in [1.807, 2.05) is 0 Å². The molecule has 0 N–H and O–H groups in total. The van der Waals surface area contributed by atoms with Crippen molar-refractivity contribution in [2.45, 2.75) is 18.8 Å². The van der Waals surface area contributed by atoms with Gasteiger partial charge in [-0.15, -0.1) is 22.9 Å². The van der Waals surface area contributed by atoms with Gasteiger partial charge in [0.25, 0.3) is 0 Å².